The summed E-state index contributed by atoms with van der Waals surface area (Å²) < 4.78 is 49.2. The molecule has 156 valence electrons. The molecule has 2 fully saturated rings. The summed E-state index contributed by atoms with van der Waals surface area (Å²) in [5, 5.41) is 2.40. The lowest BCUT2D eigenvalue weighted by molar-refractivity contribution is -0.137. The number of piperidine rings is 1. The zero-order chi connectivity index (χ0) is 20.4. The van der Waals surface area contributed by atoms with Gasteiger partial charge >= 0.3 is 6.18 Å². The van der Waals surface area contributed by atoms with Gasteiger partial charge in [-0.2, -0.15) is 13.2 Å². The van der Waals surface area contributed by atoms with Crippen LogP contribution in [0.25, 0.3) is 10.6 Å². The Kier molecular flexibility index (Phi) is 5.89. The van der Waals surface area contributed by atoms with Crippen molar-refractivity contribution in [2.45, 2.75) is 31.7 Å². The van der Waals surface area contributed by atoms with Crippen LogP contribution in [-0.4, -0.2) is 48.4 Å². The van der Waals surface area contributed by atoms with Gasteiger partial charge < -0.3 is 14.4 Å². The van der Waals surface area contributed by atoms with Crippen molar-refractivity contribution in [3.63, 3.8) is 0 Å². The number of nitrogens with zero attached hydrogens (tertiary/aromatic N) is 2. The number of hydrogen-bond acceptors (Lipinski definition) is 5. The van der Waals surface area contributed by atoms with Gasteiger partial charge in [-0.3, -0.25) is 4.79 Å². The van der Waals surface area contributed by atoms with Gasteiger partial charge in [0.05, 0.1) is 30.9 Å². The summed E-state index contributed by atoms with van der Waals surface area (Å²) >= 11 is 1.33. The maximum atomic E-state index is 12.7. The maximum Gasteiger partial charge on any atom is 0.416 e. The van der Waals surface area contributed by atoms with Crippen molar-refractivity contribution in [2.75, 3.05) is 26.3 Å². The highest BCUT2D eigenvalue weighted by Crippen LogP contribution is 2.32. The van der Waals surface area contributed by atoms with Crippen molar-refractivity contribution in [1.29, 1.82) is 0 Å². The van der Waals surface area contributed by atoms with Crippen LogP contribution in [0.1, 0.15) is 24.1 Å². The van der Waals surface area contributed by atoms with E-state index in [2.05, 4.69) is 4.98 Å². The molecule has 1 aromatic carbocycles. The molecule has 5 nitrogen and oxygen atoms in total. The van der Waals surface area contributed by atoms with Gasteiger partial charge in [-0.1, -0.05) is 12.1 Å². The molecule has 3 heterocycles. The van der Waals surface area contributed by atoms with E-state index in [4.69, 9.17) is 9.47 Å². The number of benzene rings is 1. The lowest BCUT2D eigenvalue weighted by atomic mass is 9.96. The number of carbonyl (C=O) groups is 1. The van der Waals surface area contributed by atoms with Gasteiger partial charge in [-0.05, 0) is 25.0 Å². The lowest BCUT2D eigenvalue weighted by Gasteiger charge is -2.33. The quantitative estimate of drug-likeness (QED) is 0.742. The fourth-order valence-corrected chi connectivity index (χ4v) is 4.48. The predicted octanol–water partition coefficient (Wildman–Crippen LogP) is 3.98. The third kappa shape index (κ3) is 4.79. The maximum absolute atomic E-state index is 12.7. The van der Waals surface area contributed by atoms with Crippen molar-refractivity contribution in [3.05, 3.63) is 40.9 Å². The summed E-state index contributed by atoms with van der Waals surface area (Å²) in [6.07, 6.45) is -2.60. The lowest BCUT2D eigenvalue weighted by Crippen LogP contribution is -2.42. The zero-order valence-electron chi connectivity index (χ0n) is 15.7. The van der Waals surface area contributed by atoms with E-state index < -0.39 is 11.7 Å². The second-order valence-electron chi connectivity index (χ2n) is 7.22. The number of aromatic nitrogens is 1. The van der Waals surface area contributed by atoms with Crippen LogP contribution in [-0.2, 0) is 26.9 Å². The van der Waals surface area contributed by atoms with E-state index in [0.29, 0.717) is 48.5 Å². The molecule has 2 aliphatic heterocycles. The largest absolute Gasteiger partial charge is 0.416 e. The third-order valence-corrected chi connectivity index (χ3v) is 6.21. The predicted molar refractivity (Wildman–Crippen MR) is 101 cm³/mol. The van der Waals surface area contributed by atoms with Gasteiger partial charge in [-0.15, -0.1) is 11.3 Å². The van der Waals surface area contributed by atoms with Crippen LogP contribution in [0, 0.1) is 5.92 Å². The van der Waals surface area contributed by atoms with Crippen LogP contribution < -0.4 is 0 Å². The van der Waals surface area contributed by atoms with E-state index in [1.54, 1.807) is 5.38 Å². The van der Waals surface area contributed by atoms with E-state index in [1.165, 1.54) is 23.5 Å². The highest BCUT2D eigenvalue weighted by atomic mass is 32.1. The van der Waals surface area contributed by atoms with Gasteiger partial charge in [0.25, 0.3) is 0 Å². The van der Waals surface area contributed by atoms with Gasteiger partial charge in [0.1, 0.15) is 5.01 Å². The highest BCUT2D eigenvalue weighted by Gasteiger charge is 2.32. The minimum absolute atomic E-state index is 0.0148. The molecule has 0 unspecified atom stereocenters. The van der Waals surface area contributed by atoms with Crippen molar-refractivity contribution in [1.82, 2.24) is 9.88 Å². The molecule has 4 rings (SSSR count). The molecule has 0 spiro atoms. The van der Waals surface area contributed by atoms with Crippen molar-refractivity contribution < 1.29 is 27.4 Å². The zero-order valence-corrected chi connectivity index (χ0v) is 16.5. The van der Waals surface area contributed by atoms with Crippen molar-refractivity contribution >= 4 is 17.2 Å². The molecule has 1 amide bonds. The number of hydrogen-bond donors (Lipinski definition) is 0. The number of likely N-dealkylation sites (tertiary alicyclic amines) is 1. The van der Waals surface area contributed by atoms with Crippen LogP contribution >= 0.6 is 11.3 Å². The summed E-state index contributed by atoms with van der Waals surface area (Å²) in [4.78, 5) is 18.9. The van der Waals surface area contributed by atoms with Crippen LogP contribution in [0.15, 0.2) is 29.6 Å². The third-order valence-electron chi connectivity index (χ3n) is 5.27. The van der Waals surface area contributed by atoms with E-state index in [9.17, 15) is 18.0 Å². The molecule has 0 saturated carbocycles. The molecule has 9 heteroatoms. The van der Waals surface area contributed by atoms with Crippen LogP contribution in [0.3, 0.4) is 0 Å². The van der Waals surface area contributed by atoms with Gasteiger partial charge in [0.15, 0.2) is 6.29 Å². The summed E-state index contributed by atoms with van der Waals surface area (Å²) in [6, 6.07) is 4.91. The van der Waals surface area contributed by atoms with Crippen molar-refractivity contribution in [2.24, 2.45) is 5.92 Å². The van der Waals surface area contributed by atoms with E-state index in [-0.39, 0.29) is 18.6 Å². The normalized spacial score (nSPS) is 19.1. The molecule has 2 aromatic rings. The molecule has 29 heavy (non-hydrogen) atoms. The Bertz CT molecular complexity index is 839. The molecule has 0 aliphatic carbocycles. The molecule has 0 atom stereocenters. The van der Waals surface area contributed by atoms with E-state index in [1.807, 2.05) is 4.90 Å². The van der Waals surface area contributed by atoms with Crippen LogP contribution in [0.5, 0.6) is 0 Å². The Balaban J connectivity index is 1.32. The van der Waals surface area contributed by atoms with Crippen molar-refractivity contribution in [3.8, 4) is 10.6 Å². The summed E-state index contributed by atoms with van der Waals surface area (Å²) in [7, 11) is 0. The number of rotatable bonds is 4. The summed E-state index contributed by atoms with van der Waals surface area (Å²) in [6.45, 7) is 2.61. The minimum atomic E-state index is -4.36. The molecular formula is C20H21F3N2O3S. The summed E-state index contributed by atoms with van der Waals surface area (Å²) in [5.74, 6) is 0.341. The van der Waals surface area contributed by atoms with E-state index >= 15 is 0 Å². The fraction of sp³-hybridized carbons (Fsp3) is 0.500. The number of alkyl halides is 3. The first-order valence-corrected chi connectivity index (χ1v) is 10.4. The topological polar surface area (TPSA) is 51.7 Å². The van der Waals surface area contributed by atoms with Crippen LogP contribution in [0.4, 0.5) is 13.2 Å². The first kappa shape index (κ1) is 20.3. The molecule has 2 aliphatic rings. The average Bonchev–Trinajstić information content (AvgIpc) is 3.40. The Labute approximate surface area is 170 Å². The molecule has 0 bridgehead atoms. The van der Waals surface area contributed by atoms with Crippen LogP contribution in [0.2, 0.25) is 0 Å². The molecule has 0 N–H and O–H groups in total. The number of ether oxygens (including phenoxy) is 2. The van der Waals surface area contributed by atoms with Gasteiger partial charge in [0, 0.05) is 30.0 Å². The monoisotopic (exact) mass is 426 g/mol. The standard InChI is InChI=1S/C20H21F3N2O3S/c21-20(22,23)15-3-1-13(2-4-15)18-24-16(12-29-18)11-17(26)25-7-5-14(6-8-25)19-27-9-10-28-19/h1-4,12,14,19H,5-11H2. The minimum Gasteiger partial charge on any atom is -0.350 e. The van der Waals surface area contributed by atoms with E-state index in [0.717, 1.165) is 25.0 Å². The fourth-order valence-electron chi connectivity index (χ4n) is 3.66. The number of carbonyl (C=O) groups excluding carboxylic acids is 1. The molecule has 0 radical (unpaired) electrons. The Morgan fingerprint density at radius 1 is 1.14 bits per heavy atom. The first-order valence-electron chi connectivity index (χ1n) is 9.53. The second kappa shape index (κ2) is 8.41. The Morgan fingerprint density at radius 2 is 1.79 bits per heavy atom. The average molecular weight is 426 g/mol. The van der Waals surface area contributed by atoms with Gasteiger partial charge in [-0.25, -0.2) is 4.98 Å². The second-order valence-corrected chi connectivity index (χ2v) is 8.08. The number of halogens is 3. The molecule has 2 saturated heterocycles. The molecule has 1 aromatic heterocycles. The Hall–Kier alpha value is -1.97. The number of thiazole rings is 1. The summed E-state index contributed by atoms with van der Waals surface area (Å²) in [5.41, 5.74) is 0.559. The smallest absolute Gasteiger partial charge is 0.350 e. The molecular weight excluding hydrogens is 405 g/mol. The number of amides is 1. The van der Waals surface area contributed by atoms with Gasteiger partial charge in [0.2, 0.25) is 5.91 Å². The SMILES string of the molecule is O=C(Cc1csc(-c2ccc(C(F)(F)F)cc2)n1)N1CCC(C2OCCO2)CC1. The first-order chi connectivity index (χ1) is 13.9. The highest BCUT2D eigenvalue weighted by molar-refractivity contribution is 7.13. The Morgan fingerprint density at radius 3 is 2.41 bits per heavy atom.